The molecule has 0 radical (unpaired) electrons. The molecule has 8 heavy (non-hydrogen) atoms. The van der Waals surface area contributed by atoms with Gasteiger partial charge in [0.25, 0.3) is 0 Å². The molecular formula is C5H10Cl2O. The lowest BCUT2D eigenvalue weighted by Gasteiger charge is -2.01. The molecular weight excluding hydrogens is 147 g/mol. The molecule has 1 nitrogen and oxygen atoms in total. The van der Waals surface area contributed by atoms with Gasteiger partial charge in [-0.1, -0.05) is 0 Å². The highest BCUT2D eigenvalue weighted by atomic mass is 35.5. The third-order valence-electron chi connectivity index (χ3n) is 0.569. The van der Waals surface area contributed by atoms with Gasteiger partial charge in [0.1, 0.15) is 0 Å². The maximum atomic E-state index is 5.55. The van der Waals surface area contributed by atoms with Crippen LogP contribution < -0.4 is 0 Å². The Morgan fingerprint density at radius 1 is 1.62 bits per heavy atom. The molecule has 0 aromatic heterocycles. The van der Waals surface area contributed by atoms with E-state index in [1.807, 2.05) is 6.92 Å². The number of hydrogen-bond acceptors (Lipinski definition) is 1. The second-order valence-corrected chi connectivity index (χ2v) is 2.67. The number of alkyl halides is 2. The maximum absolute atomic E-state index is 5.55. The minimum atomic E-state index is 0.0956. The van der Waals surface area contributed by atoms with Crippen molar-refractivity contribution in [2.75, 3.05) is 19.1 Å². The summed E-state index contributed by atoms with van der Waals surface area (Å²) >= 11 is 10.9. The van der Waals surface area contributed by atoms with Crippen molar-refractivity contribution >= 4 is 23.2 Å². The summed E-state index contributed by atoms with van der Waals surface area (Å²) in [4.78, 5) is 0. The number of ether oxygens (including phenoxy) is 1. The summed E-state index contributed by atoms with van der Waals surface area (Å²) in [6.45, 7) is 3.07. The summed E-state index contributed by atoms with van der Waals surface area (Å²) < 4.78 is 4.98. The van der Waals surface area contributed by atoms with Crippen molar-refractivity contribution in [3.63, 3.8) is 0 Å². The van der Waals surface area contributed by atoms with Gasteiger partial charge < -0.3 is 4.74 Å². The fourth-order valence-electron chi connectivity index (χ4n) is 0.300. The van der Waals surface area contributed by atoms with E-state index in [1.54, 1.807) is 0 Å². The zero-order valence-electron chi connectivity index (χ0n) is 4.86. The summed E-state index contributed by atoms with van der Waals surface area (Å²) in [5.74, 6) is 0.545. The van der Waals surface area contributed by atoms with Gasteiger partial charge in [-0.05, 0) is 6.92 Å². The molecule has 0 aliphatic heterocycles. The number of hydrogen-bond donors (Lipinski definition) is 0. The van der Waals surface area contributed by atoms with Crippen molar-refractivity contribution in [3.05, 3.63) is 0 Å². The Bertz CT molecular complexity index is 47.7. The molecule has 0 N–H and O–H groups in total. The molecule has 0 amide bonds. The predicted octanol–water partition coefficient (Wildman–Crippen LogP) is 1.87. The van der Waals surface area contributed by atoms with Gasteiger partial charge in [0.05, 0.1) is 18.6 Å². The van der Waals surface area contributed by atoms with Gasteiger partial charge in [-0.2, -0.15) is 0 Å². The SMILES string of the molecule is C[C@H](Cl)COCCCl. The zero-order chi connectivity index (χ0) is 6.41. The molecule has 0 aliphatic carbocycles. The summed E-state index contributed by atoms with van der Waals surface area (Å²) in [6.07, 6.45) is 0. The first-order valence-corrected chi connectivity index (χ1v) is 3.52. The first-order chi connectivity index (χ1) is 3.77. The molecule has 1 atom stereocenters. The van der Waals surface area contributed by atoms with Crippen LogP contribution in [0, 0.1) is 0 Å². The lowest BCUT2D eigenvalue weighted by molar-refractivity contribution is 0.152. The van der Waals surface area contributed by atoms with Crippen LogP contribution in [0.4, 0.5) is 0 Å². The average molecular weight is 157 g/mol. The van der Waals surface area contributed by atoms with Crippen LogP contribution in [0.1, 0.15) is 6.92 Å². The zero-order valence-corrected chi connectivity index (χ0v) is 6.37. The number of halogens is 2. The normalized spacial score (nSPS) is 13.9. The van der Waals surface area contributed by atoms with Crippen LogP contribution in [-0.4, -0.2) is 24.5 Å². The van der Waals surface area contributed by atoms with Gasteiger partial charge in [0.15, 0.2) is 0 Å². The van der Waals surface area contributed by atoms with E-state index in [9.17, 15) is 0 Å². The molecule has 0 saturated heterocycles. The van der Waals surface area contributed by atoms with E-state index in [1.165, 1.54) is 0 Å². The van der Waals surface area contributed by atoms with Crippen LogP contribution >= 0.6 is 23.2 Å². The Morgan fingerprint density at radius 2 is 2.25 bits per heavy atom. The standard InChI is InChI=1S/C5H10Cl2O/c1-5(7)4-8-3-2-6/h5H,2-4H2,1H3/t5-/m0/s1. The van der Waals surface area contributed by atoms with Crippen molar-refractivity contribution in [1.29, 1.82) is 0 Å². The molecule has 0 unspecified atom stereocenters. The van der Waals surface area contributed by atoms with Crippen LogP contribution in [0.2, 0.25) is 0 Å². The van der Waals surface area contributed by atoms with Gasteiger partial charge in [0, 0.05) is 5.88 Å². The number of rotatable bonds is 4. The summed E-state index contributed by atoms with van der Waals surface area (Å²) in [5, 5.41) is 0.0956. The predicted molar refractivity (Wildman–Crippen MR) is 36.9 cm³/mol. The fourth-order valence-corrected chi connectivity index (χ4v) is 0.498. The van der Waals surface area contributed by atoms with Crippen LogP contribution in [0.5, 0.6) is 0 Å². The van der Waals surface area contributed by atoms with E-state index in [0.29, 0.717) is 19.1 Å². The fraction of sp³-hybridized carbons (Fsp3) is 1.00. The average Bonchev–Trinajstić information content (AvgIpc) is 1.66. The van der Waals surface area contributed by atoms with Crippen molar-refractivity contribution in [2.24, 2.45) is 0 Å². The summed E-state index contributed by atoms with van der Waals surface area (Å²) in [7, 11) is 0. The van der Waals surface area contributed by atoms with E-state index >= 15 is 0 Å². The van der Waals surface area contributed by atoms with Crippen LogP contribution in [0.25, 0.3) is 0 Å². The van der Waals surface area contributed by atoms with Gasteiger partial charge in [0.2, 0.25) is 0 Å². The molecule has 0 aromatic rings. The third kappa shape index (κ3) is 6.54. The lowest BCUT2D eigenvalue weighted by atomic mass is 10.5. The van der Waals surface area contributed by atoms with Crippen LogP contribution in [0.15, 0.2) is 0 Å². The minimum absolute atomic E-state index is 0.0956. The van der Waals surface area contributed by atoms with E-state index in [4.69, 9.17) is 27.9 Å². The monoisotopic (exact) mass is 156 g/mol. The smallest absolute Gasteiger partial charge is 0.0627 e. The van der Waals surface area contributed by atoms with E-state index in [0.717, 1.165) is 0 Å². The second kappa shape index (κ2) is 5.67. The van der Waals surface area contributed by atoms with Crippen molar-refractivity contribution in [2.45, 2.75) is 12.3 Å². The Balaban J connectivity index is 2.72. The van der Waals surface area contributed by atoms with Gasteiger partial charge in [-0.15, -0.1) is 23.2 Å². The highest BCUT2D eigenvalue weighted by molar-refractivity contribution is 6.20. The molecule has 3 heteroatoms. The molecule has 0 fully saturated rings. The van der Waals surface area contributed by atoms with E-state index in [-0.39, 0.29) is 5.38 Å². The van der Waals surface area contributed by atoms with E-state index < -0.39 is 0 Å². The van der Waals surface area contributed by atoms with Gasteiger partial charge in [-0.25, -0.2) is 0 Å². The maximum Gasteiger partial charge on any atom is 0.0627 e. The Kier molecular flexibility index (Phi) is 6.06. The van der Waals surface area contributed by atoms with Crippen molar-refractivity contribution < 1.29 is 4.74 Å². The molecule has 0 saturated carbocycles. The molecule has 0 bridgehead atoms. The van der Waals surface area contributed by atoms with Gasteiger partial charge >= 0.3 is 0 Å². The molecule has 50 valence electrons. The molecule has 0 heterocycles. The first kappa shape index (κ1) is 8.54. The topological polar surface area (TPSA) is 9.23 Å². The molecule has 0 aromatic carbocycles. The van der Waals surface area contributed by atoms with Gasteiger partial charge in [-0.3, -0.25) is 0 Å². The van der Waals surface area contributed by atoms with Crippen molar-refractivity contribution in [1.82, 2.24) is 0 Å². The molecule has 0 spiro atoms. The minimum Gasteiger partial charge on any atom is -0.379 e. The summed E-state index contributed by atoms with van der Waals surface area (Å²) in [5.41, 5.74) is 0. The van der Waals surface area contributed by atoms with E-state index in [2.05, 4.69) is 0 Å². The van der Waals surface area contributed by atoms with Crippen LogP contribution in [-0.2, 0) is 4.74 Å². The highest BCUT2D eigenvalue weighted by Gasteiger charge is 1.92. The highest BCUT2D eigenvalue weighted by Crippen LogP contribution is 1.93. The Hall–Kier alpha value is 0.540. The van der Waals surface area contributed by atoms with Crippen molar-refractivity contribution in [3.8, 4) is 0 Å². The second-order valence-electron chi connectivity index (χ2n) is 1.54. The Morgan fingerprint density at radius 3 is 2.62 bits per heavy atom. The third-order valence-corrected chi connectivity index (χ3v) is 0.849. The lowest BCUT2D eigenvalue weighted by Crippen LogP contribution is -2.05. The molecule has 0 rings (SSSR count). The first-order valence-electron chi connectivity index (χ1n) is 2.55. The summed E-state index contributed by atoms with van der Waals surface area (Å²) in [6, 6.07) is 0. The van der Waals surface area contributed by atoms with Crippen LogP contribution in [0.3, 0.4) is 0 Å². The quantitative estimate of drug-likeness (QED) is 0.447. The largest absolute Gasteiger partial charge is 0.379 e. The Labute approximate surface area is 59.9 Å². The molecule has 0 aliphatic rings.